The zero-order valence-electron chi connectivity index (χ0n) is 12.4. The lowest BCUT2D eigenvalue weighted by Crippen LogP contribution is -2.10. The first-order valence-corrected chi connectivity index (χ1v) is 6.98. The van der Waals surface area contributed by atoms with E-state index in [1.807, 2.05) is 61.5 Å². The zero-order chi connectivity index (χ0) is 15.5. The molecule has 1 N–H and O–H groups in total. The Morgan fingerprint density at radius 2 is 1.64 bits per heavy atom. The van der Waals surface area contributed by atoms with E-state index in [-0.39, 0.29) is 5.56 Å². The second-order valence-corrected chi connectivity index (χ2v) is 5.10. The van der Waals surface area contributed by atoms with E-state index in [0.717, 1.165) is 11.1 Å². The SMILES string of the molecule is Cc1ccc(N=Nc2c(-c3ccccc3)[nH]n(C)c2=O)cc1. The van der Waals surface area contributed by atoms with Gasteiger partial charge < -0.3 is 0 Å². The van der Waals surface area contributed by atoms with E-state index < -0.39 is 0 Å². The Morgan fingerprint density at radius 3 is 2.32 bits per heavy atom. The van der Waals surface area contributed by atoms with Gasteiger partial charge in [-0.3, -0.25) is 14.6 Å². The first-order valence-electron chi connectivity index (χ1n) is 6.98. The van der Waals surface area contributed by atoms with Crippen LogP contribution in [0.5, 0.6) is 0 Å². The maximum Gasteiger partial charge on any atom is 0.294 e. The largest absolute Gasteiger partial charge is 0.294 e. The second-order valence-electron chi connectivity index (χ2n) is 5.10. The average Bonchev–Trinajstić information content (AvgIpc) is 2.83. The van der Waals surface area contributed by atoms with E-state index in [2.05, 4.69) is 15.3 Å². The molecule has 0 fully saturated rings. The van der Waals surface area contributed by atoms with Gasteiger partial charge in [0.15, 0.2) is 5.69 Å². The second kappa shape index (κ2) is 5.81. The lowest BCUT2D eigenvalue weighted by atomic mass is 10.1. The maximum atomic E-state index is 12.2. The van der Waals surface area contributed by atoms with Gasteiger partial charge >= 0.3 is 0 Å². The van der Waals surface area contributed by atoms with Crippen molar-refractivity contribution in [3.05, 3.63) is 70.5 Å². The third kappa shape index (κ3) is 2.74. The predicted octanol–water partition coefficient (Wildman–Crippen LogP) is 4.10. The molecule has 0 unspecified atom stereocenters. The summed E-state index contributed by atoms with van der Waals surface area (Å²) in [7, 11) is 1.67. The molecule has 0 aliphatic carbocycles. The fourth-order valence-electron chi connectivity index (χ4n) is 2.16. The number of azo groups is 1. The first-order chi connectivity index (χ1) is 10.6. The number of aryl methyl sites for hydroxylation is 2. The van der Waals surface area contributed by atoms with Gasteiger partial charge in [0.2, 0.25) is 0 Å². The molecule has 2 aromatic carbocycles. The highest BCUT2D eigenvalue weighted by Crippen LogP contribution is 2.26. The lowest BCUT2D eigenvalue weighted by molar-refractivity contribution is 0.742. The van der Waals surface area contributed by atoms with Gasteiger partial charge in [0, 0.05) is 12.6 Å². The number of nitrogens with zero attached hydrogens (tertiary/aromatic N) is 3. The highest BCUT2D eigenvalue weighted by Gasteiger charge is 2.13. The van der Waals surface area contributed by atoms with Gasteiger partial charge in [0.1, 0.15) is 0 Å². The molecule has 0 aliphatic rings. The molecule has 1 heterocycles. The molecule has 0 spiro atoms. The molecule has 0 saturated carbocycles. The molecule has 0 radical (unpaired) electrons. The third-order valence-corrected chi connectivity index (χ3v) is 3.39. The van der Waals surface area contributed by atoms with Crippen LogP contribution in [0.1, 0.15) is 5.56 Å². The summed E-state index contributed by atoms with van der Waals surface area (Å²) >= 11 is 0. The maximum absolute atomic E-state index is 12.2. The molecule has 5 heteroatoms. The van der Waals surface area contributed by atoms with E-state index in [0.29, 0.717) is 17.1 Å². The number of aromatic amines is 1. The van der Waals surface area contributed by atoms with Gasteiger partial charge in [-0.25, -0.2) is 0 Å². The van der Waals surface area contributed by atoms with Crippen molar-refractivity contribution >= 4 is 11.4 Å². The number of benzene rings is 2. The van der Waals surface area contributed by atoms with E-state index in [1.165, 1.54) is 4.68 Å². The van der Waals surface area contributed by atoms with E-state index in [4.69, 9.17) is 0 Å². The van der Waals surface area contributed by atoms with Crippen LogP contribution in [-0.2, 0) is 7.05 Å². The van der Waals surface area contributed by atoms with Crippen molar-refractivity contribution in [2.45, 2.75) is 6.92 Å². The highest BCUT2D eigenvalue weighted by atomic mass is 16.1. The molecule has 0 aliphatic heterocycles. The van der Waals surface area contributed by atoms with Gasteiger partial charge in [0.05, 0.1) is 11.4 Å². The van der Waals surface area contributed by atoms with Crippen molar-refractivity contribution in [3.8, 4) is 11.3 Å². The van der Waals surface area contributed by atoms with Crippen LogP contribution in [-0.4, -0.2) is 9.78 Å². The minimum absolute atomic E-state index is 0.199. The summed E-state index contributed by atoms with van der Waals surface area (Å²) in [5.41, 5.74) is 3.56. The van der Waals surface area contributed by atoms with Crippen LogP contribution < -0.4 is 5.56 Å². The van der Waals surface area contributed by atoms with Crippen molar-refractivity contribution in [1.29, 1.82) is 0 Å². The molecule has 3 aromatic rings. The van der Waals surface area contributed by atoms with Gasteiger partial charge in [-0.05, 0) is 19.1 Å². The van der Waals surface area contributed by atoms with E-state index >= 15 is 0 Å². The van der Waals surface area contributed by atoms with E-state index in [9.17, 15) is 4.79 Å². The Labute approximate surface area is 127 Å². The summed E-state index contributed by atoms with van der Waals surface area (Å²) in [5, 5.41) is 11.4. The topological polar surface area (TPSA) is 62.5 Å². The number of aromatic nitrogens is 2. The number of nitrogens with one attached hydrogen (secondary N) is 1. The zero-order valence-corrected chi connectivity index (χ0v) is 12.4. The standard InChI is InChI=1S/C17H16N4O/c1-12-8-10-14(11-9-12)18-19-16-15(20-21(2)17(16)22)13-6-4-3-5-7-13/h3-11,20H,1-2H3. The van der Waals surface area contributed by atoms with Gasteiger partial charge in [-0.2, -0.15) is 5.11 Å². The molecule has 110 valence electrons. The van der Waals surface area contributed by atoms with Crippen LogP contribution in [0.15, 0.2) is 69.6 Å². The lowest BCUT2D eigenvalue weighted by Gasteiger charge is -1.98. The molecule has 0 bridgehead atoms. The smallest absolute Gasteiger partial charge is 0.293 e. The number of hydrogen-bond donors (Lipinski definition) is 1. The summed E-state index contributed by atoms with van der Waals surface area (Å²) in [5.74, 6) is 0. The molecule has 5 nitrogen and oxygen atoms in total. The van der Waals surface area contributed by atoms with Crippen LogP contribution in [0.3, 0.4) is 0 Å². The van der Waals surface area contributed by atoms with Crippen LogP contribution in [0.25, 0.3) is 11.3 Å². The minimum Gasteiger partial charge on any atom is -0.293 e. The van der Waals surface area contributed by atoms with Crippen molar-refractivity contribution in [2.24, 2.45) is 17.3 Å². The Kier molecular flexibility index (Phi) is 3.70. The fraction of sp³-hybridized carbons (Fsp3) is 0.118. The summed E-state index contributed by atoms with van der Waals surface area (Å²) in [6.07, 6.45) is 0. The minimum atomic E-state index is -0.199. The number of hydrogen-bond acceptors (Lipinski definition) is 3. The van der Waals surface area contributed by atoms with Crippen LogP contribution >= 0.6 is 0 Å². The highest BCUT2D eigenvalue weighted by molar-refractivity contribution is 5.71. The molecule has 1 aromatic heterocycles. The van der Waals surface area contributed by atoms with Gasteiger partial charge in [0.25, 0.3) is 5.56 Å². The monoisotopic (exact) mass is 292 g/mol. The molecule has 3 rings (SSSR count). The first kappa shape index (κ1) is 14.0. The molecule has 0 atom stereocenters. The van der Waals surface area contributed by atoms with Crippen molar-refractivity contribution in [3.63, 3.8) is 0 Å². The summed E-state index contributed by atoms with van der Waals surface area (Å²) in [4.78, 5) is 12.2. The molecule has 0 amide bonds. The molecule has 22 heavy (non-hydrogen) atoms. The van der Waals surface area contributed by atoms with Crippen LogP contribution in [0.4, 0.5) is 11.4 Å². The Bertz CT molecular complexity index is 858. The number of H-pyrrole nitrogens is 1. The summed E-state index contributed by atoms with van der Waals surface area (Å²) in [6.45, 7) is 2.01. The van der Waals surface area contributed by atoms with E-state index in [1.54, 1.807) is 7.05 Å². The average molecular weight is 292 g/mol. The Balaban J connectivity index is 2.03. The third-order valence-electron chi connectivity index (χ3n) is 3.39. The fourth-order valence-corrected chi connectivity index (χ4v) is 2.16. The Morgan fingerprint density at radius 1 is 0.955 bits per heavy atom. The number of rotatable bonds is 3. The van der Waals surface area contributed by atoms with Gasteiger partial charge in [-0.1, -0.05) is 48.0 Å². The quantitative estimate of drug-likeness (QED) is 0.726. The summed E-state index contributed by atoms with van der Waals surface area (Å²) < 4.78 is 1.41. The molecular formula is C17H16N4O. The van der Waals surface area contributed by atoms with Gasteiger partial charge in [-0.15, -0.1) is 5.11 Å². The van der Waals surface area contributed by atoms with Crippen molar-refractivity contribution in [1.82, 2.24) is 9.78 Å². The van der Waals surface area contributed by atoms with Crippen LogP contribution in [0.2, 0.25) is 0 Å². The van der Waals surface area contributed by atoms with Crippen molar-refractivity contribution in [2.75, 3.05) is 0 Å². The normalized spacial score (nSPS) is 11.2. The predicted molar refractivity (Wildman–Crippen MR) is 86.8 cm³/mol. The van der Waals surface area contributed by atoms with Crippen LogP contribution in [0, 0.1) is 6.92 Å². The molecule has 0 saturated heterocycles. The van der Waals surface area contributed by atoms with Crippen molar-refractivity contribution < 1.29 is 0 Å². The molecular weight excluding hydrogens is 276 g/mol. The Hall–Kier alpha value is -2.95. The summed E-state index contributed by atoms with van der Waals surface area (Å²) in [6, 6.07) is 17.3.